The molecule has 2 rings (SSSR count). The molecule has 19 heavy (non-hydrogen) atoms. The Bertz CT molecular complexity index is 483. The lowest BCUT2D eigenvalue weighted by molar-refractivity contribution is -0.0858. The van der Waals surface area contributed by atoms with Crippen molar-refractivity contribution >= 4 is 33.4 Å². The second kappa shape index (κ2) is 6.22. The highest BCUT2D eigenvalue weighted by atomic mass is 79.9. The van der Waals surface area contributed by atoms with Crippen LogP contribution in [0.4, 0.5) is 0 Å². The van der Waals surface area contributed by atoms with E-state index in [1.807, 2.05) is 6.92 Å². The second-order valence-electron chi connectivity index (χ2n) is 4.59. The Kier molecular flexibility index (Phi) is 4.84. The molecule has 0 aliphatic carbocycles. The Morgan fingerprint density at radius 3 is 3.00 bits per heavy atom. The molecule has 1 aromatic carbocycles. The lowest BCUT2D eigenvalue weighted by Crippen LogP contribution is -2.50. The smallest absolute Gasteiger partial charge is 0.255 e. The van der Waals surface area contributed by atoms with Gasteiger partial charge in [0.1, 0.15) is 0 Å². The summed E-state index contributed by atoms with van der Waals surface area (Å²) in [4.78, 5) is 14.2. The fraction of sp³-hybridized carbons (Fsp3) is 0.462. The van der Waals surface area contributed by atoms with Crippen molar-refractivity contribution in [2.75, 3.05) is 19.7 Å². The molecule has 1 N–H and O–H groups in total. The number of aliphatic hydroxyl groups excluding tert-OH is 1. The summed E-state index contributed by atoms with van der Waals surface area (Å²) in [5.74, 6) is -0.108. The fourth-order valence-electron chi connectivity index (χ4n) is 2.14. The van der Waals surface area contributed by atoms with E-state index < -0.39 is 0 Å². The zero-order valence-electron chi connectivity index (χ0n) is 10.5. The largest absolute Gasteiger partial charge is 0.394 e. The van der Waals surface area contributed by atoms with Crippen molar-refractivity contribution in [2.45, 2.75) is 19.1 Å². The predicted octanol–water partition coefficient (Wildman–Crippen LogP) is 2.32. The molecule has 1 aliphatic rings. The first-order valence-electron chi connectivity index (χ1n) is 6.02. The van der Waals surface area contributed by atoms with E-state index in [2.05, 4.69) is 15.9 Å². The number of halogens is 2. The summed E-state index contributed by atoms with van der Waals surface area (Å²) in [6.45, 7) is 2.69. The zero-order chi connectivity index (χ0) is 14.0. The quantitative estimate of drug-likeness (QED) is 0.892. The number of carbonyl (C=O) groups excluding carboxylic acids is 1. The van der Waals surface area contributed by atoms with Gasteiger partial charge in [-0.2, -0.15) is 0 Å². The maximum Gasteiger partial charge on any atom is 0.255 e. The molecular formula is C13H15BrClNO3. The molecule has 1 heterocycles. The number of hydrogen-bond acceptors (Lipinski definition) is 3. The third kappa shape index (κ3) is 3.48. The Morgan fingerprint density at radius 2 is 2.32 bits per heavy atom. The maximum atomic E-state index is 12.5. The van der Waals surface area contributed by atoms with E-state index in [0.717, 1.165) is 0 Å². The minimum atomic E-state index is -0.328. The molecule has 1 amide bonds. The van der Waals surface area contributed by atoms with E-state index in [0.29, 0.717) is 28.1 Å². The molecule has 104 valence electrons. The number of nitrogens with zero attached hydrogens (tertiary/aromatic N) is 1. The van der Waals surface area contributed by atoms with Crippen molar-refractivity contribution < 1.29 is 14.6 Å². The molecule has 6 heteroatoms. The molecule has 1 aromatic rings. The average Bonchev–Trinajstić information content (AvgIpc) is 2.40. The molecule has 0 aromatic heterocycles. The molecule has 4 nitrogen and oxygen atoms in total. The summed E-state index contributed by atoms with van der Waals surface area (Å²) >= 11 is 9.29. The van der Waals surface area contributed by atoms with Crippen LogP contribution in [-0.4, -0.2) is 47.8 Å². The number of ether oxygens (including phenoxy) is 1. The predicted molar refractivity (Wildman–Crippen MR) is 76.5 cm³/mol. The number of amides is 1. The molecule has 2 atom stereocenters. The van der Waals surface area contributed by atoms with Crippen molar-refractivity contribution in [1.82, 2.24) is 4.90 Å². The van der Waals surface area contributed by atoms with Crippen LogP contribution in [0.1, 0.15) is 17.3 Å². The van der Waals surface area contributed by atoms with E-state index in [9.17, 15) is 9.90 Å². The van der Waals surface area contributed by atoms with Crippen molar-refractivity contribution in [3.8, 4) is 0 Å². The Balaban J connectivity index is 2.21. The molecule has 1 saturated heterocycles. The van der Waals surface area contributed by atoms with E-state index in [-0.39, 0.29) is 24.7 Å². The van der Waals surface area contributed by atoms with Gasteiger partial charge in [0.2, 0.25) is 0 Å². The van der Waals surface area contributed by atoms with Gasteiger partial charge in [0.05, 0.1) is 24.4 Å². The Labute approximate surface area is 125 Å². The number of rotatable bonds is 2. The summed E-state index contributed by atoms with van der Waals surface area (Å²) < 4.78 is 6.23. The highest BCUT2D eigenvalue weighted by Crippen LogP contribution is 2.24. The van der Waals surface area contributed by atoms with Crippen LogP contribution in [0.15, 0.2) is 22.7 Å². The van der Waals surface area contributed by atoms with Crippen LogP contribution in [0, 0.1) is 0 Å². The van der Waals surface area contributed by atoms with E-state index in [4.69, 9.17) is 16.3 Å². The molecule has 0 radical (unpaired) electrons. The highest BCUT2D eigenvalue weighted by molar-refractivity contribution is 9.10. The van der Waals surface area contributed by atoms with Crippen molar-refractivity contribution in [2.24, 2.45) is 0 Å². The first-order chi connectivity index (χ1) is 9.01. The first kappa shape index (κ1) is 14.8. The summed E-state index contributed by atoms with van der Waals surface area (Å²) in [5.41, 5.74) is 0.526. The minimum absolute atomic E-state index is 0.0900. The van der Waals surface area contributed by atoms with Crippen LogP contribution >= 0.6 is 27.5 Å². The average molecular weight is 349 g/mol. The van der Waals surface area contributed by atoms with E-state index >= 15 is 0 Å². The fourth-order valence-corrected chi connectivity index (χ4v) is 2.73. The molecular weight excluding hydrogens is 334 g/mol. The number of aliphatic hydroxyl groups is 1. The lowest BCUT2D eigenvalue weighted by Gasteiger charge is -2.36. The van der Waals surface area contributed by atoms with Gasteiger partial charge in [-0.3, -0.25) is 4.79 Å². The van der Waals surface area contributed by atoms with Crippen LogP contribution in [0.2, 0.25) is 5.02 Å². The molecule has 2 unspecified atom stereocenters. The van der Waals surface area contributed by atoms with E-state index in [1.54, 1.807) is 23.1 Å². The van der Waals surface area contributed by atoms with Crippen LogP contribution in [-0.2, 0) is 4.74 Å². The third-order valence-corrected chi connectivity index (χ3v) is 3.90. The highest BCUT2D eigenvalue weighted by Gasteiger charge is 2.29. The number of morpholine rings is 1. The summed E-state index contributed by atoms with van der Waals surface area (Å²) in [5, 5.41) is 9.70. The summed E-state index contributed by atoms with van der Waals surface area (Å²) in [7, 11) is 0. The van der Waals surface area contributed by atoms with Gasteiger partial charge in [-0.25, -0.2) is 0 Å². The van der Waals surface area contributed by atoms with Crippen molar-refractivity contribution in [3.63, 3.8) is 0 Å². The Morgan fingerprint density at radius 1 is 1.58 bits per heavy atom. The summed E-state index contributed by atoms with van der Waals surface area (Å²) in [6, 6.07) is 5.12. The standard InChI is InChI=1S/C13H15BrClNO3/c1-8-5-16(6-10(7-17)19-8)13(18)11-4-9(15)2-3-12(11)14/h2-4,8,10,17H,5-7H2,1H3. The van der Waals surface area contributed by atoms with Gasteiger partial charge in [0.25, 0.3) is 5.91 Å². The van der Waals surface area contributed by atoms with Gasteiger partial charge in [-0.1, -0.05) is 11.6 Å². The SMILES string of the molecule is CC1CN(C(=O)c2cc(Cl)ccc2Br)CC(CO)O1. The lowest BCUT2D eigenvalue weighted by atomic mass is 10.1. The van der Waals surface area contributed by atoms with Gasteiger partial charge in [-0.05, 0) is 41.1 Å². The topological polar surface area (TPSA) is 49.8 Å². The van der Waals surface area contributed by atoms with Gasteiger partial charge in [-0.15, -0.1) is 0 Å². The number of benzene rings is 1. The van der Waals surface area contributed by atoms with Gasteiger partial charge in [0, 0.05) is 22.6 Å². The normalized spacial score (nSPS) is 23.5. The second-order valence-corrected chi connectivity index (χ2v) is 5.88. The molecule has 0 saturated carbocycles. The Hall–Kier alpha value is -0.620. The summed E-state index contributed by atoms with van der Waals surface area (Å²) in [6.07, 6.45) is -0.418. The molecule has 1 aliphatic heterocycles. The van der Waals surface area contributed by atoms with Crippen LogP contribution in [0.5, 0.6) is 0 Å². The van der Waals surface area contributed by atoms with Gasteiger partial charge in [0.15, 0.2) is 0 Å². The van der Waals surface area contributed by atoms with Crippen molar-refractivity contribution in [3.05, 3.63) is 33.3 Å². The first-order valence-corrected chi connectivity index (χ1v) is 7.19. The van der Waals surface area contributed by atoms with Crippen LogP contribution in [0.25, 0.3) is 0 Å². The third-order valence-electron chi connectivity index (χ3n) is 2.98. The van der Waals surface area contributed by atoms with Crippen LogP contribution < -0.4 is 0 Å². The number of carbonyl (C=O) groups is 1. The minimum Gasteiger partial charge on any atom is -0.394 e. The van der Waals surface area contributed by atoms with Gasteiger partial charge >= 0.3 is 0 Å². The molecule has 0 spiro atoms. The molecule has 0 bridgehead atoms. The number of hydrogen-bond donors (Lipinski definition) is 1. The van der Waals surface area contributed by atoms with Gasteiger partial charge < -0.3 is 14.7 Å². The van der Waals surface area contributed by atoms with E-state index in [1.165, 1.54) is 0 Å². The monoisotopic (exact) mass is 347 g/mol. The maximum absolute atomic E-state index is 12.5. The van der Waals surface area contributed by atoms with Crippen molar-refractivity contribution in [1.29, 1.82) is 0 Å². The zero-order valence-corrected chi connectivity index (χ0v) is 12.8. The molecule has 1 fully saturated rings. The van der Waals surface area contributed by atoms with Crippen LogP contribution in [0.3, 0.4) is 0 Å².